The van der Waals surface area contributed by atoms with Gasteiger partial charge in [-0.2, -0.15) is 0 Å². The van der Waals surface area contributed by atoms with Gasteiger partial charge in [-0.15, -0.1) is 0 Å². The molecule has 8 unspecified atom stereocenters. The lowest BCUT2D eigenvalue weighted by atomic mass is 9.64. The van der Waals surface area contributed by atoms with E-state index < -0.39 is 0 Å². The fourth-order valence-corrected chi connectivity index (χ4v) is 20.8. The zero-order valence-corrected chi connectivity index (χ0v) is 67.4. The average molecular weight is 1370 g/mol. The van der Waals surface area contributed by atoms with E-state index in [4.69, 9.17) is 0 Å². The molecule has 0 spiro atoms. The standard InChI is InChI=1S/C103H132/c1-18-29-34-75(27-10)67-103(68-76(28-11)35-30-19-2)93-54-79(43-42-78-40-38-77(33-20-3)39-41-78)44-49-85(93)86-50-45-82(57-96(86)103)80-46-51-87-88-52-47-81(56-95(88)101(94(87)55-80,63-71(14)23-6)64-72(15)24-7)83-48-53-89-91-60-98-90(59-99(91)102(97(89)58-83,65-73(16)25-8)66-74(17)26-9)84-36-31-32-37-92(84)100(98,61-69(12)21-4)62-70(13)22-5/h20,31-33,36-60,69-76H,18-19,21-30,34-35,61-68H2,1-17H3. The van der Waals surface area contributed by atoms with Gasteiger partial charge in [-0.05, 0) is 270 Å². The Morgan fingerprint density at radius 2 is 0.544 bits per heavy atom. The smallest absolute Gasteiger partial charge is 0.0220 e. The fraction of sp³-hybridized carbons (Fsp3) is 0.495. The summed E-state index contributed by atoms with van der Waals surface area (Å²) in [6.07, 6.45) is 35.6. The Bertz CT molecular complexity index is 4230. The first kappa shape index (κ1) is 75.9. The van der Waals surface area contributed by atoms with E-state index in [1.165, 1.54) is 199 Å². The van der Waals surface area contributed by atoms with Gasteiger partial charge in [-0.1, -0.05) is 340 Å². The SMILES string of the molecule is CC=Cc1ccc(C=Cc2ccc3c(c2)C(CC(CC)CCCC)(CC(CC)CCCC)c2cc(-c4ccc5c(c4)C(CC(C)CC)(CC(C)CC)c4cc(-c6ccc7c(c6)C(CC(C)CC)(CC(C)CC)c6cc8c(cc6-7)C(CC(C)CC)(CC(C)CC)c6ccccc6-8)ccc4-5)ccc2-3)cc1. The maximum Gasteiger partial charge on any atom is 0.0220 e. The van der Waals surface area contributed by atoms with Crippen molar-refractivity contribution in [3.8, 4) is 66.8 Å². The van der Waals surface area contributed by atoms with Crippen molar-refractivity contribution < 1.29 is 0 Å². The van der Waals surface area contributed by atoms with Crippen LogP contribution >= 0.6 is 0 Å². The molecule has 0 heteroatoms. The molecule has 103 heavy (non-hydrogen) atoms. The second-order valence-corrected chi connectivity index (χ2v) is 34.7. The Labute approximate surface area is 628 Å². The van der Waals surface area contributed by atoms with Crippen LogP contribution in [0.4, 0.5) is 0 Å². The third kappa shape index (κ3) is 14.5. The maximum absolute atomic E-state index is 2.80. The van der Waals surface area contributed by atoms with Crippen molar-refractivity contribution >= 4 is 18.2 Å². The van der Waals surface area contributed by atoms with E-state index in [9.17, 15) is 0 Å². The predicted molar refractivity (Wildman–Crippen MR) is 453 cm³/mol. The van der Waals surface area contributed by atoms with E-state index in [0.29, 0.717) is 47.3 Å². The highest BCUT2D eigenvalue weighted by Crippen LogP contribution is 2.64. The van der Waals surface area contributed by atoms with Crippen LogP contribution in [0.5, 0.6) is 0 Å². The zero-order valence-electron chi connectivity index (χ0n) is 67.4. The van der Waals surface area contributed by atoms with Gasteiger partial charge < -0.3 is 0 Å². The van der Waals surface area contributed by atoms with Crippen LogP contribution in [0, 0.1) is 47.3 Å². The molecular weight excluding hydrogens is 1240 g/mol. The number of unbranched alkanes of at least 4 members (excludes halogenated alkanes) is 2. The third-order valence-electron chi connectivity index (χ3n) is 27.6. The molecule has 0 radical (unpaired) electrons. The van der Waals surface area contributed by atoms with E-state index in [1.807, 2.05) is 0 Å². The molecule has 8 atom stereocenters. The second kappa shape index (κ2) is 32.5. The summed E-state index contributed by atoms with van der Waals surface area (Å²) in [6.45, 7) is 41.7. The van der Waals surface area contributed by atoms with Gasteiger partial charge in [0, 0.05) is 21.7 Å². The first-order valence-corrected chi connectivity index (χ1v) is 42.3. The van der Waals surface area contributed by atoms with Crippen molar-refractivity contribution in [2.75, 3.05) is 0 Å². The monoisotopic (exact) mass is 1370 g/mol. The summed E-state index contributed by atoms with van der Waals surface area (Å²) in [5.74, 6) is 4.81. The molecule has 12 rings (SSSR count). The largest absolute Gasteiger partial charge is 0.0871 e. The van der Waals surface area contributed by atoms with Gasteiger partial charge in [0.15, 0.2) is 0 Å². The zero-order chi connectivity index (χ0) is 73.0. The first-order chi connectivity index (χ1) is 49.9. The van der Waals surface area contributed by atoms with Crippen LogP contribution in [0.3, 0.4) is 0 Å². The number of allylic oxidation sites excluding steroid dienone is 1. The van der Waals surface area contributed by atoms with Crippen molar-refractivity contribution in [2.45, 2.75) is 281 Å². The van der Waals surface area contributed by atoms with Crippen molar-refractivity contribution in [1.82, 2.24) is 0 Å². The van der Waals surface area contributed by atoms with Crippen molar-refractivity contribution in [1.29, 1.82) is 0 Å². The Hall–Kier alpha value is -6.76. The minimum atomic E-state index is -0.143. The highest BCUT2D eigenvalue weighted by molar-refractivity contribution is 5.93. The van der Waals surface area contributed by atoms with Gasteiger partial charge in [-0.25, -0.2) is 0 Å². The molecule has 0 N–H and O–H groups in total. The van der Waals surface area contributed by atoms with E-state index in [1.54, 1.807) is 44.5 Å². The fourth-order valence-electron chi connectivity index (χ4n) is 20.8. The molecule has 8 aromatic carbocycles. The normalized spacial score (nSPS) is 21.3. The van der Waals surface area contributed by atoms with Crippen LogP contribution < -0.4 is 0 Å². The number of fused-ring (bicyclic) bond motifs is 12. The van der Waals surface area contributed by atoms with Crippen LogP contribution in [-0.2, 0) is 21.7 Å². The summed E-state index contributed by atoms with van der Waals surface area (Å²) >= 11 is 0. The topological polar surface area (TPSA) is 0 Å². The molecule has 0 aliphatic heterocycles. The van der Waals surface area contributed by atoms with E-state index >= 15 is 0 Å². The molecule has 4 aliphatic rings. The lowest BCUT2D eigenvalue weighted by Crippen LogP contribution is -2.31. The minimum absolute atomic E-state index is 0.00806. The molecule has 0 nitrogen and oxygen atoms in total. The Morgan fingerprint density at radius 1 is 0.262 bits per heavy atom. The molecule has 544 valence electrons. The highest BCUT2D eigenvalue weighted by Gasteiger charge is 2.52. The molecule has 4 aliphatic carbocycles. The van der Waals surface area contributed by atoms with Gasteiger partial charge in [-0.3, -0.25) is 0 Å². The van der Waals surface area contributed by atoms with Crippen LogP contribution in [0.25, 0.3) is 85.0 Å². The van der Waals surface area contributed by atoms with Crippen LogP contribution in [-0.4, -0.2) is 0 Å². The van der Waals surface area contributed by atoms with Gasteiger partial charge in [0.2, 0.25) is 0 Å². The first-order valence-electron chi connectivity index (χ1n) is 42.3. The molecule has 0 bridgehead atoms. The van der Waals surface area contributed by atoms with Crippen LogP contribution in [0.15, 0.2) is 158 Å². The summed E-state index contributed by atoms with van der Waals surface area (Å²) in [6, 6.07) is 63.4. The quantitative estimate of drug-likeness (QED) is 0.0347. The van der Waals surface area contributed by atoms with Gasteiger partial charge in [0.25, 0.3) is 0 Å². The molecule has 0 saturated carbocycles. The summed E-state index contributed by atoms with van der Waals surface area (Å²) in [7, 11) is 0. The lowest BCUT2D eigenvalue weighted by molar-refractivity contribution is 0.266. The Morgan fingerprint density at radius 3 is 0.893 bits per heavy atom. The van der Waals surface area contributed by atoms with Gasteiger partial charge >= 0.3 is 0 Å². The third-order valence-corrected chi connectivity index (χ3v) is 27.6. The van der Waals surface area contributed by atoms with Crippen LogP contribution in [0.1, 0.15) is 320 Å². The molecule has 0 amide bonds. The molecule has 0 saturated heterocycles. The Balaban J connectivity index is 1.01. The second-order valence-electron chi connectivity index (χ2n) is 34.7. The van der Waals surface area contributed by atoms with Gasteiger partial charge in [0.05, 0.1) is 0 Å². The van der Waals surface area contributed by atoms with E-state index in [0.717, 1.165) is 25.7 Å². The molecule has 0 fully saturated rings. The van der Waals surface area contributed by atoms with Crippen molar-refractivity contribution in [3.05, 3.63) is 219 Å². The maximum atomic E-state index is 2.80. The molecule has 8 aromatic rings. The summed E-state index contributed by atoms with van der Waals surface area (Å²) < 4.78 is 0. The van der Waals surface area contributed by atoms with E-state index in [2.05, 4.69) is 294 Å². The average Bonchev–Trinajstić information content (AvgIpc) is 1.54. The van der Waals surface area contributed by atoms with Crippen molar-refractivity contribution in [3.63, 3.8) is 0 Å². The van der Waals surface area contributed by atoms with Crippen molar-refractivity contribution in [2.24, 2.45) is 47.3 Å². The number of rotatable bonds is 35. The minimum Gasteiger partial charge on any atom is -0.0871 e. The molecular formula is C103H132. The lowest BCUT2D eigenvalue weighted by Gasteiger charge is -2.39. The number of hydrogen-bond acceptors (Lipinski definition) is 0. The predicted octanol–water partition coefficient (Wildman–Crippen LogP) is 31.1. The van der Waals surface area contributed by atoms with Gasteiger partial charge in [0.1, 0.15) is 0 Å². The highest BCUT2D eigenvalue weighted by atomic mass is 14.5. The molecule has 0 heterocycles. The number of benzene rings is 8. The van der Waals surface area contributed by atoms with E-state index in [-0.39, 0.29) is 21.7 Å². The Kier molecular flexibility index (Phi) is 24.0. The van der Waals surface area contributed by atoms with Crippen LogP contribution in [0.2, 0.25) is 0 Å². The summed E-state index contributed by atoms with van der Waals surface area (Å²) in [5, 5.41) is 0. The summed E-state index contributed by atoms with van der Waals surface area (Å²) in [4.78, 5) is 0. The summed E-state index contributed by atoms with van der Waals surface area (Å²) in [5.41, 5.74) is 33.5. The molecule has 0 aromatic heterocycles. The number of hydrogen-bond donors (Lipinski definition) is 0.